The van der Waals surface area contributed by atoms with Crippen LogP contribution in [-0.4, -0.2) is 34.9 Å². The van der Waals surface area contributed by atoms with Gasteiger partial charge in [0.05, 0.1) is 6.04 Å². The Bertz CT molecular complexity index is 481. The minimum absolute atomic E-state index is 0.0524. The highest BCUT2D eigenvalue weighted by Gasteiger charge is 2.20. The monoisotopic (exact) mass is 300 g/mol. The second-order valence-electron chi connectivity index (χ2n) is 4.26. The number of aliphatic carboxylic acids is 1. The van der Waals surface area contributed by atoms with Crippen LogP contribution >= 0.6 is 11.6 Å². The molecule has 7 heteroatoms. The molecular formula is C13H17ClN2O4. The average molecular weight is 301 g/mol. The smallest absolute Gasteiger partial charge is 0.326 e. The summed E-state index contributed by atoms with van der Waals surface area (Å²) in [5, 5.41) is 23.0. The van der Waals surface area contributed by atoms with Gasteiger partial charge in [0.25, 0.3) is 0 Å². The molecule has 0 aliphatic carbocycles. The van der Waals surface area contributed by atoms with Gasteiger partial charge in [-0.3, -0.25) is 0 Å². The Morgan fingerprint density at radius 3 is 2.50 bits per heavy atom. The number of benzene rings is 1. The molecule has 1 aromatic carbocycles. The number of urea groups is 1. The fourth-order valence-corrected chi connectivity index (χ4v) is 1.99. The molecule has 1 rings (SSSR count). The number of carboxylic acids is 1. The van der Waals surface area contributed by atoms with E-state index < -0.39 is 18.0 Å². The molecule has 0 saturated carbocycles. The lowest BCUT2D eigenvalue weighted by Gasteiger charge is -2.18. The summed E-state index contributed by atoms with van der Waals surface area (Å²) in [6.07, 6.45) is -0.0524. The standard InChI is InChI=1S/C13H17ClN2O4/c1-8(9-4-2-3-5-10(9)14)15-13(20)16-11(6-7-17)12(18)19/h2-5,8,11,17H,6-7H2,1H3,(H,18,19)(H2,15,16,20). The highest BCUT2D eigenvalue weighted by atomic mass is 35.5. The van der Waals surface area contributed by atoms with Gasteiger partial charge >= 0.3 is 12.0 Å². The van der Waals surface area contributed by atoms with E-state index in [2.05, 4.69) is 10.6 Å². The van der Waals surface area contributed by atoms with E-state index in [1.54, 1.807) is 31.2 Å². The van der Waals surface area contributed by atoms with Crippen LogP contribution in [0.5, 0.6) is 0 Å². The quantitative estimate of drug-likeness (QED) is 0.640. The number of carboxylic acid groups (broad SMARTS) is 1. The van der Waals surface area contributed by atoms with Crippen LogP contribution in [-0.2, 0) is 4.79 Å². The third kappa shape index (κ3) is 4.71. The van der Waals surface area contributed by atoms with Crippen molar-refractivity contribution in [2.24, 2.45) is 0 Å². The summed E-state index contributed by atoms with van der Waals surface area (Å²) in [4.78, 5) is 22.6. The number of aliphatic hydroxyl groups excluding tert-OH is 1. The van der Waals surface area contributed by atoms with E-state index in [9.17, 15) is 9.59 Å². The number of carbonyl (C=O) groups is 2. The summed E-state index contributed by atoms with van der Waals surface area (Å²) in [6, 6.07) is 4.93. The fourth-order valence-electron chi connectivity index (χ4n) is 1.69. The normalized spacial score (nSPS) is 13.3. The Morgan fingerprint density at radius 1 is 1.30 bits per heavy atom. The molecule has 2 atom stereocenters. The van der Waals surface area contributed by atoms with Crippen LogP contribution < -0.4 is 10.6 Å². The summed E-state index contributed by atoms with van der Waals surface area (Å²) in [7, 11) is 0. The summed E-state index contributed by atoms with van der Waals surface area (Å²) < 4.78 is 0. The second-order valence-corrected chi connectivity index (χ2v) is 4.67. The van der Waals surface area contributed by atoms with Crippen LogP contribution in [0.25, 0.3) is 0 Å². The molecule has 1 aromatic rings. The van der Waals surface area contributed by atoms with Crippen molar-refractivity contribution in [3.05, 3.63) is 34.9 Å². The topological polar surface area (TPSA) is 98.7 Å². The highest BCUT2D eigenvalue weighted by Crippen LogP contribution is 2.21. The second kappa shape index (κ2) is 7.72. The van der Waals surface area contributed by atoms with Crippen molar-refractivity contribution in [2.45, 2.75) is 25.4 Å². The van der Waals surface area contributed by atoms with Crippen molar-refractivity contribution in [3.8, 4) is 0 Å². The molecule has 0 saturated heterocycles. The molecule has 0 aliphatic heterocycles. The fraction of sp³-hybridized carbons (Fsp3) is 0.385. The Morgan fingerprint density at radius 2 is 1.95 bits per heavy atom. The van der Waals surface area contributed by atoms with Gasteiger partial charge in [-0.1, -0.05) is 29.8 Å². The van der Waals surface area contributed by atoms with Gasteiger partial charge in [0.2, 0.25) is 0 Å². The maximum Gasteiger partial charge on any atom is 0.326 e. The van der Waals surface area contributed by atoms with Gasteiger partial charge in [0.1, 0.15) is 6.04 Å². The maximum atomic E-state index is 11.7. The van der Waals surface area contributed by atoms with Gasteiger partial charge in [-0.25, -0.2) is 9.59 Å². The molecule has 0 heterocycles. The van der Waals surface area contributed by atoms with Gasteiger partial charge in [-0.2, -0.15) is 0 Å². The summed E-state index contributed by atoms with van der Waals surface area (Å²) in [6.45, 7) is 1.42. The molecule has 0 radical (unpaired) electrons. The van der Waals surface area contributed by atoms with E-state index in [1.165, 1.54) is 0 Å². The predicted molar refractivity (Wildman–Crippen MR) is 74.7 cm³/mol. The van der Waals surface area contributed by atoms with Gasteiger partial charge < -0.3 is 20.8 Å². The van der Waals surface area contributed by atoms with E-state index in [0.29, 0.717) is 5.02 Å². The van der Waals surface area contributed by atoms with Crippen LogP contribution in [0.1, 0.15) is 24.9 Å². The first-order chi connectivity index (χ1) is 9.45. The lowest BCUT2D eigenvalue weighted by Crippen LogP contribution is -2.47. The Hall–Kier alpha value is -1.79. The lowest BCUT2D eigenvalue weighted by molar-refractivity contribution is -0.139. The van der Waals surface area contributed by atoms with Gasteiger partial charge in [0, 0.05) is 18.1 Å². The van der Waals surface area contributed by atoms with Crippen molar-refractivity contribution < 1.29 is 19.8 Å². The molecule has 0 spiro atoms. The SMILES string of the molecule is CC(NC(=O)NC(CCO)C(=O)O)c1ccccc1Cl. The van der Waals surface area contributed by atoms with Crippen LogP contribution in [0.2, 0.25) is 5.02 Å². The molecule has 0 bridgehead atoms. The molecule has 4 N–H and O–H groups in total. The number of amides is 2. The van der Waals surface area contributed by atoms with E-state index in [4.69, 9.17) is 21.8 Å². The Labute approximate surface area is 121 Å². The Balaban J connectivity index is 2.62. The van der Waals surface area contributed by atoms with Crippen molar-refractivity contribution in [1.82, 2.24) is 10.6 Å². The van der Waals surface area contributed by atoms with Crippen molar-refractivity contribution in [1.29, 1.82) is 0 Å². The van der Waals surface area contributed by atoms with Crippen molar-refractivity contribution in [2.75, 3.05) is 6.61 Å². The van der Waals surface area contributed by atoms with E-state index in [0.717, 1.165) is 5.56 Å². The number of nitrogens with one attached hydrogen (secondary N) is 2. The molecule has 0 aliphatic rings. The van der Waals surface area contributed by atoms with Crippen LogP contribution in [0.4, 0.5) is 4.79 Å². The number of rotatable bonds is 6. The first-order valence-electron chi connectivity index (χ1n) is 6.10. The first kappa shape index (κ1) is 16.3. The Kier molecular flexibility index (Phi) is 6.27. The number of aliphatic hydroxyl groups is 1. The number of halogens is 1. The average Bonchev–Trinajstić information content (AvgIpc) is 2.38. The molecule has 0 fully saturated rings. The third-order valence-electron chi connectivity index (χ3n) is 2.74. The van der Waals surface area contributed by atoms with E-state index in [-0.39, 0.29) is 19.1 Å². The molecule has 2 amide bonds. The molecule has 110 valence electrons. The maximum absolute atomic E-state index is 11.7. The molecule has 20 heavy (non-hydrogen) atoms. The van der Waals surface area contributed by atoms with Crippen molar-refractivity contribution >= 4 is 23.6 Å². The molecular weight excluding hydrogens is 284 g/mol. The third-order valence-corrected chi connectivity index (χ3v) is 3.08. The van der Waals surface area contributed by atoms with Crippen LogP contribution in [0.15, 0.2) is 24.3 Å². The lowest BCUT2D eigenvalue weighted by atomic mass is 10.1. The van der Waals surface area contributed by atoms with Gasteiger partial charge in [-0.05, 0) is 18.6 Å². The minimum atomic E-state index is -1.19. The molecule has 6 nitrogen and oxygen atoms in total. The predicted octanol–water partition coefficient (Wildman–Crippen LogP) is 1.54. The number of hydrogen-bond acceptors (Lipinski definition) is 3. The summed E-state index contributed by atoms with van der Waals surface area (Å²) >= 11 is 6.01. The summed E-state index contributed by atoms with van der Waals surface area (Å²) in [5.74, 6) is -1.19. The van der Waals surface area contributed by atoms with E-state index >= 15 is 0 Å². The molecule has 0 aromatic heterocycles. The van der Waals surface area contributed by atoms with Gasteiger partial charge in [0.15, 0.2) is 0 Å². The number of hydrogen-bond donors (Lipinski definition) is 4. The summed E-state index contributed by atoms with van der Waals surface area (Å²) in [5.41, 5.74) is 0.735. The minimum Gasteiger partial charge on any atom is -0.480 e. The van der Waals surface area contributed by atoms with Crippen molar-refractivity contribution in [3.63, 3.8) is 0 Å². The zero-order valence-corrected chi connectivity index (χ0v) is 11.7. The number of carbonyl (C=O) groups excluding carboxylic acids is 1. The van der Waals surface area contributed by atoms with Gasteiger partial charge in [-0.15, -0.1) is 0 Å². The first-order valence-corrected chi connectivity index (χ1v) is 6.48. The van der Waals surface area contributed by atoms with E-state index in [1.807, 2.05) is 0 Å². The zero-order valence-electron chi connectivity index (χ0n) is 11.0. The highest BCUT2D eigenvalue weighted by molar-refractivity contribution is 6.31. The zero-order chi connectivity index (χ0) is 15.1. The van der Waals surface area contributed by atoms with Crippen LogP contribution in [0, 0.1) is 0 Å². The van der Waals surface area contributed by atoms with Crippen LogP contribution in [0.3, 0.4) is 0 Å². The molecule has 2 unspecified atom stereocenters. The largest absolute Gasteiger partial charge is 0.480 e.